The van der Waals surface area contributed by atoms with Crippen LogP contribution in [0.15, 0.2) is 30.3 Å². The normalized spacial score (nSPS) is 23.0. The van der Waals surface area contributed by atoms with Gasteiger partial charge in [-0.15, -0.1) is 0 Å². The molecule has 0 amide bonds. The lowest BCUT2D eigenvalue weighted by atomic mass is 9.83. The summed E-state index contributed by atoms with van der Waals surface area (Å²) in [5.74, 6) is 2.18. The second-order valence-corrected chi connectivity index (χ2v) is 9.54. The van der Waals surface area contributed by atoms with Crippen LogP contribution in [0, 0.1) is 19.8 Å². The van der Waals surface area contributed by atoms with Gasteiger partial charge in [-0.1, -0.05) is 31.0 Å². The van der Waals surface area contributed by atoms with Crippen molar-refractivity contribution in [3.8, 4) is 5.69 Å². The largest absolute Gasteiger partial charge is 0.268 e. The minimum atomic E-state index is 0.0666. The van der Waals surface area contributed by atoms with Crippen molar-refractivity contribution in [3.63, 3.8) is 0 Å². The number of hydrogen-bond donors (Lipinski definition) is 0. The Morgan fingerprint density at radius 3 is 2.35 bits per heavy atom. The molecule has 4 rings (SSSR count). The zero-order valence-corrected chi connectivity index (χ0v) is 17.3. The maximum atomic E-state index is 2.69. The van der Waals surface area contributed by atoms with Gasteiger partial charge in [0.25, 0.3) is 5.82 Å². The predicted molar refractivity (Wildman–Crippen MR) is 109 cm³/mol. The van der Waals surface area contributed by atoms with E-state index in [2.05, 4.69) is 87.1 Å². The Morgan fingerprint density at radius 1 is 1.08 bits per heavy atom. The molecule has 1 aromatic heterocycles. The third-order valence-corrected chi connectivity index (χ3v) is 6.64. The summed E-state index contributed by atoms with van der Waals surface area (Å²) in [7, 11) is 0. The fourth-order valence-electron chi connectivity index (χ4n) is 5.26. The third kappa shape index (κ3) is 2.41. The number of benzene rings is 1. The van der Waals surface area contributed by atoms with Gasteiger partial charge in [-0.2, -0.15) is 4.57 Å². The lowest BCUT2D eigenvalue weighted by Gasteiger charge is -2.31. The van der Waals surface area contributed by atoms with Gasteiger partial charge in [0.1, 0.15) is 11.2 Å². The lowest BCUT2D eigenvalue weighted by Crippen LogP contribution is -2.60. The number of para-hydroxylation sites is 1. The van der Waals surface area contributed by atoms with E-state index in [9.17, 15) is 0 Å². The average molecular weight is 350 g/mol. The smallest absolute Gasteiger partial charge is 0.218 e. The second kappa shape index (κ2) is 5.84. The number of aryl methyl sites for hydroxylation is 1. The molecule has 138 valence electrons. The van der Waals surface area contributed by atoms with Crippen LogP contribution >= 0.6 is 0 Å². The summed E-state index contributed by atoms with van der Waals surface area (Å²) in [6.45, 7) is 14.1. The summed E-state index contributed by atoms with van der Waals surface area (Å²) in [5.41, 5.74) is 5.58. The molecular formula is C24H33N2+. The van der Waals surface area contributed by atoms with Gasteiger partial charge < -0.3 is 0 Å². The van der Waals surface area contributed by atoms with Gasteiger partial charge in [-0.05, 0) is 71.2 Å². The van der Waals surface area contributed by atoms with Crippen molar-refractivity contribution in [3.05, 3.63) is 53.1 Å². The summed E-state index contributed by atoms with van der Waals surface area (Å²) in [5, 5.41) is 0. The first-order valence-corrected chi connectivity index (χ1v) is 10.2. The molecule has 0 N–H and O–H groups in total. The maximum absolute atomic E-state index is 2.69. The highest BCUT2D eigenvalue weighted by Gasteiger charge is 2.50. The monoisotopic (exact) mass is 349 g/mol. The van der Waals surface area contributed by atoms with E-state index in [1.165, 1.54) is 54.1 Å². The number of nitrogens with zero attached hydrogens (tertiary/aromatic N) is 2. The van der Waals surface area contributed by atoms with Gasteiger partial charge in [0.2, 0.25) is 0 Å². The number of allylic oxidation sites excluding steroid dienone is 1. The Labute approximate surface area is 158 Å². The highest BCUT2D eigenvalue weighted by Crippen LogP contribution is 2.42. The van der Waals surface area contributed by atoms with E-state index in [0.29, 0.717) is 0 Å². The molecule has 0 radical (unpaired) electrons. The molecule has 1 fully saturated rings. The SMILES string of the molecule is Cc1ccccc1-n1c(C)c2[n+](c1C(C)(C)C)C(C)(C1CCCC1)C=C2. The number of fused-ring (bicyclic) bond motifs is 1. The summed E-state index contributed by atoms with van der Waals surface area (Å²) in [4.78, 5) is 0. The molecule has 2 nitrogen and oxygen atoms in total. The summed E-state index contributed by atoms with van der Waals surface area (Å²) < 4.78 is 5.21. The molecular weight excluding hydrogens is 316 g/mol. The van der Waals surface area contributed by atoms with E-state index in [-0.39, 0.29) is 11.0 Å². The lowest BCUT2D eigenvalue weighted by molar-refractivity contribution is -0.762. The van der Waals surface area contributed by atoms with Crippen LogP contribution in [0.4, 0.5) is 0 Å². The van der Waals surface area contributed by atoms with E-state index in [1.54, 1.807) is 0 Å². The molecule has 0 spiro atoms. The van der Waals surface area contributed by atoms with Gasteiger partial charge in [-0.3, -0.25) is 0 Å². The van der Waals surface area contributed by atoms with Crippen LogP contribution in [0.5, 0.6) is 0 Å². The van der Waals surface area contributed by atoms with Crippen molar-refractivity contribution >= 4 is 6.08 Å². The molecule has 1 aliphatic carbocycles. The van der Waals surface area contributed by atoms with Crippen molar-refractivity contribution in [1.82, 2.24) is 4.57 Å². The van der Waals surface area contributed by atoms with Crippen molar-refractivity contribution in [1.29, 1.82) is 0 Å². The number of rotatable bonds is 2. The quantitative estimate of drug-likeness (QED) is 0.623. The zero-order chi connectivity index (χ0) is 18.7. The average Bonchev–Trinajstić information content (AvgIpc) is 3.26. The molecule has 1 aromatic carbocycles. The molecule has 26 heavy (non-hydrogen) atoms. The highest BCUT2D eigenvalue weighted by atomic mass is 15.2. The number of hydrogen-bond acceptors (Lipinski definition) is 0. The standard InChI is InChI=1S/C24H33N2/c1-17-11-7-10-14-20(17)25-18(2)21-15-16-24(6,19-12-8-9-13-19)26(21)22(25)23(3,4)5/h7,10-11,14-16,19H,8-9,12-13H2,1-6H3/q+1. The first-order valence-electron chi connectivity index (χ1n) is 10.2. The Hall–Kier alpha value is -1.83. The second-order valence-electron chi connectivity index (χ2n) is 9.54. The zero-order valence-electron chi connectivity index (χ0n) is 17.3. The summed E-state index contributed by atoms with van der Waals surface area (Å²) in [6.07, 6.45) is 10.3. The van der Waals surface area contributed by atoms with Crippen LogP contribution in [0.25, 0.3) is 11.8 Å². The fraction of sp³-hybridized carbons (Fsp3) is 0.542. The molecule has 0 saturated heterocycles. The molecule has 2 heteroatoms. The van der Waals surface area contributed by atoms with Crippen LogP contribution < -0.4 is 4.57 Å². The van der Waals surface area contributed by atoms with Crippen LogP contribution in [0.3, 0.4) is 0 Å². The molecule has 2 aromatic rings. The fourth-order valence-corrected chi connectivity index (χ4v) is 5.26. The van der Waals surface area contributed by atoms with Crippen LogP contribution in [-0.4, -0.2) is 4.57 Å². The van der Waals surface area contributed by atoms with Crippen molar-refractivity contribution < 1.29 is 4.57 Å². The molecule has 1 saturated carbocycles. The molecule has 2 heterocycles. The molecule has 0 bridgehead atoms. The van der Waals surface area contributed by atoms with Gasteiger partial charge in [0.15, 0.2) is 11.4 Å². The third-order valence-electron chi connectivity index (χ3n) is 6.64. The minimum absolute atomic E-state index is 0.0666. The maximum Gasteiger partial charge on any atom is 0.268 e. The van der Waals surface area contributed by atoms with Gasteiger partial charge in [0, 0.05) is 12.8 Å². The Morgan fingerprint density at radius 2 is 1.73 bits per heavy atom. The first kappa shape index (κ1) is 17.6. The minimum Gasteiger partial charge on any atom is -0.218 e. The van der Waals surface area contributed by atoms with Gasteiger partial charge in [0.05, 0.1) is 5.41 Å². The van der Waals surface area contributed by atoms with E-state index >= 15 is 0 Å². The van der Waals surface area contributed by atoms with Crippen LogP contribution in [-0.2, 0) is 11.0 Å². The van der Waals surface area contributed by atoms with E-state index in [0.717, 1.165) is 5.92 Å². The van der Waals surface area contributed by atoms with Crippen LogP contribution in [0.2, 0.25) is 0 Å². The van der Waals surface area contributed by atoms with Crippen molar-refractivity contribution in [2.45, 2.75) is 78.2 Å². The van der Waals surface area contributed by atoms with Gasteiger partial charge >= 0.3 is 0 Å². The number of imidazole rings is 1. The molecule has 2 aliphatic rings. The van der Waals surface area contributed by atoms with Gasteiger partial charge in [-0.25, -0.2) is 4.57 Å². The number of aromatic nitrogens is 2. The van der Waals surface area contributed by atoms with Crippen molar-refractivity contribution in [2.75, 3.05) is 0 Å². The van der Waals surface area contributed by atoms with E-state index < -0.39 is 0 Å². The molecule has 1 unspecified atom stereocenters. The summed E-state index contributed by atoms with van der Waals surface area (Å²) >= 11 is 0. The molecule has 1 atom stereocenters. The topological polar surface area (TPSA) is 8.81 Å². The highest BCUT2D eigenvalue weighted by molar-refractivity contribution is 5.53. The molecule has 1 aliphatic heterocycles. The van der Waals surface area contributed by atoms with Crippen molar-refractivity contribution in [2.24, 2.45) is 5.92 Å². The van der Waals surface area contributed by atoms with E-state index in [4.69, 9.17) is 0 Å². The first-order chi connectivity index (χ1) is 12.2. The Kier molecular flexibility index (Phi) is 3.95. The Bertz CT molecular complexity index is 872. The summed E-state index contributed by atoms with van der Waals surface area (Å²) in [6, 6.07) is 8.79. The Balaban J connectivity index is 2.02. The predicted octanol–water partition coefficient (Wildman–Crippen LogP) is 5.61. The van der Waals surface area contributed by atoms with Crippen LogP contribution in [0.1, 0.15) is 76.2 Å². The van der Waals surface area contributed by atoms with E-state index in [1.807, 2.05) is 0 Å².